The summed E-state index contributed by atoms with van der Waals surface area (Å²) < 4.78 is 32.7. The molecular formula is C22H22N2O4S. The van der Waals surface area contributed by atoms with Crippen LogP contribution in [0.1, 0.15) is 29.0 Å². The number of nitrogens with zero attached hydrogens (tertiary/aromatic N) is 2. The molecule has 0 bridgehead atoms. The van der Waals surface area contributed by atoms with E-state index in [0.29, 0.717) is 30.1 Å². The van der Waals surface area contributed by atoms with E-state index in [1.807, 2.05) is 30.3 Å². The zero-order chi connectivity index (χ0) is 20.3. The minimum atomic E-state index is -3.59. The molecule has 0 N–H and O–H groups in total. The molecule has 1 amide bonds. The van der Waals surface area contributed by atoms with Crippen LogP contribution < -0.4 is 4.90 Å². The molecule has 0 saturated carbocycles. The van der Waals surface area contributed by atoms with Crippen molar-refractivity contribution in [2.45, 2.75) is 24.3 Å². The first-order valence-electron chi connectivity index (χ1n) is 9.55. The molecule has 0 radical (unpaired) electrons. The van der Waals surface area contributed by atoms with Crippen LogP contribution in [0.25, 0.3) is 0 Å². The summed E-state index contributed by atoms with van der Waals surface area (Å²) in [6, 6.07) is 19.1. The van der Waals surface area contributed by atoms with Gasteiger partial charge in [0.1, 0.15) is 5.76 Å². The zero-order valence-corrected chi connectivity index (χ0v) is 16.7. The number of carbonyl (C=O) groups excluding carboxylic acids is 1. The van der Waals surface area contributed by atoms with E-state index in [9.17, 15) is 13.2 Å². The van der Waals surface area contributed by atoms with E-state index < -0.39 is 10.0 Å². The molecule has 7 heteroatoms. The Kier molecular flexibility index (Phi) is 5.51. The van der Waals surface area contributed by atoms with Gasteiger partial charge in [0.05, 0.1) is 17.7 Å². The van der Waals surface area contributed by atoms with Crippen molar-refractivity contribution >= 4 is 21.6 Å². The maximum atomic E-state index is 13.3. The van der Waals surface area contributed by atoms with E-state index in [2.05, 4.69) is 0 Å². The van der Waals surface area contributed by atoms with Gasteiger partial charge in [-0.2, -0.15) is 4.31 Å². The molecule has 4 rings (SSSR count). The predicted octanol–water partition coefficient (Wildman–Crippen LogP) is 3.91. The Labute approximate surface area is 170 Å². The standard InChI is InChI=1S/C22H22N2O4S/c25-22(24(17-20-11-7-15-28-20)19-9-2-1-3-10-19)18-8-6-12-21(16-18)29(26,27)23-13-4-5-14-23/h1-3,6-12,15-16H,4-5,13-14,17H2. The molecule has 2 heterocycles. The highest BCUT2D eigenvalue weighted by atomic mass is 32.2. The zero-order valence-electron chi connectivity index (χ0n) is 15.9. The molecule has 1 aliphatic rings. The quantitative estimate of drug-likeness (QED) is 0.618. The Morgan fingerprint density at radius 3 is 2.41 bits per heavy atom. The number of sulfonamides is 1. The molecule has 29 heavy (non-hydrogen) atoms. The average molecular weight is 410 g/mol. The second-order valence-corrected chi connectivity index (χ2v) is 8.88. The lowest BCUT2D eigenvalue weighted by atomic mass is 10.1. The fraction of sp³-hybridized carbons (Fsp3) is 0.227. The SMILES string of the molecule is O=C(c1cccc(S(=O)(=O)N2CCCC2)c1)N(Cc1ccco1)c1ccccc1. The number of carbonyl (C=O) groups is 1. The monoisotopic (exact) mass is 410 g/mol. The highest BCUT2D eigenvalue weighted by molar-refractivity contribution is 7.89. The number of hydrogen-bond acceptors (Lipinski definition) is 4. The first-order valence-corrected chi connectivity index (χ1v) is 11.0. The molecule has 150 valence electrons. The van der Waals surface area contributed by atoms with Gasteiger partial charge in [-0.25, -0.2) is 8.42 Å². The summed E-state index contributed by atoms with van der Waals surface area (Å²) in [7, 11) is -3.59. The topological polar surface area (TPSA) is 70.8 Å². The molecule has 3 aromatic rings. The normalized spacial score (nSPS) is 14.8. The molecule has 1 saturated heterocycles. The Morgan fingerprint density at radius 2 is 1.72 bits per heavy atom. The van der Waals surface area contributed by atoms with E-state index in [4.69, 9.17) is 4.42 Å². The number of benzene rings is 2. The number of anilines is 1. The molecule has 1 fully saturated rings. The summed E-state index contributed by atoms with van der Waals surface area (Å²) >= 11 is 0. The molecule has 0 aliphatic carbocycles. The minimum Gasteiger partial charge on any atom is -0.467 e. The number of furan rings is 1. The molecular weight excluding hydrogens is 388 g/mol. The lowest BCUT2D eigenvalue weighted by molar-refractivity contribution is 0.0983. The summed E-state index contributed by atoms with van der Waals surface area (Å²) in [6.45, 7) is 1.29. The second-order valence-electron chi connectivity index (χ2n) is 6.95. The van der Waals surface area contributed by atoms with Gasteiger partial charge in [0, 0.05) is 24.3 Å². The molecule has 2 aromatic carbocycles. The van der Waals surface area contributed by atoms with E-state index in [1.54, 1.807) is 41.5 Å². The lowest BCUT2D eigenvalue weighted by Crippen LogP contribution is -2.31. The van der Waals surface area contributed by atoms with Crippen LogP contribution in [0.5, 0.6) is 0 Å². The van der Waals surface area contributed by atoms with Crippen LogP contribution >= 0.6 is 0 Å². The van der Waals surface area contributed by atoms with Gasteiger partial charge in [0.15, 0.2) is 0 Å². The van der Waals surface area contributed by atoms with Gasteiger partial charge in [-0.15, -0.1) is 0 Å². The van der Waals surface area contributed by atoms with Crippen LogP contribution in [0, 0.1) is 0 Å². The fourth-order valence-electron chi connectivity index (χ4n) is 3.47. The van der Waals surface area contributed by atoms with E-state index in [0.717, 1.165) is 12.8 Å². The summed E-state index contributed by atoms with van der Waals surface area (Å²) in [5.74, 6) is 0.356. The highest BCUT2D eigenvalue weighted by Gasteiger charge is 2.28. The van der Waals surface area contributed by atoms with Gasteiger partial charge in [0.2, 0.25) is 10.0 Å². The number of para-hydroxylation sites is 1. The maximum Gasteiger partial charge on any atom is 0.258 e. The van der Waals surface area contributed by atoms with Crippen LogP contribution in [0.15, 0.2) is 82.3 Å². The Hall–Kier alpha value is -2.90. The van der Waals surface area contributed by atoms with E-state index in [1.165, 1.54) is 10.4 Å². The van der Waals surface area contributed by atoms with Gasteiger partial charge >= 0.3 is 0 Å². The van der Waals surface area contributed by atoms with Crippen LogP contribution in [0.3, 0.4) is 0 Å². The smallest absolute Gasteiger partial charge is 0.258 e. The predicted molar refractivity (Wildman–Crippen MR) is 110 cm³/mol. The van der Waals surface area contributed by atoms with E-state index in [-0.39, 0.29) is 17.3 Å². The minimum absolute atomic E-state index is 0.149. The summed E-state index contributed by atoms with van der Waals surface area (Å²) in [5, 5.41) is 0. The third kappa shape index (κ3) is 4.11. The van der Waals surface area contributed by atoms with Gasteiger partial charge < -0.3 is 9.32 Å². The molecule has 0 atom stereocenters. The third-order valence-corrected chi connectivity index (χ3v) is 6.89. The van der Waals surface area contributed by atoms with Crippen molar-refractivity contribution in [3.05, 3.63) is 84.3 Å². The first kappa shape index (κ1) is 19.4. The Bertz CT molecular complexity index is 1070. The molecule has 6 nitrogen and oxygen atoms in total. The van der Waals surface area contributed by atoms with Crippen molar-refractivity contribution < 1.29 is 17.6 Å². The first-order chi connectivity index (χ1) is 14.1. The van der Waals surface area contributed by atoms with Crippen molar-refractivity contribution in [1.29, 1.82) is 0 Å². The second kappa shape index (κ2) is 8.23. The lowest BCUT2D eigenvalue weighted by Gasteiger charge is -2.22. The third-order valence-electron chi connectivity index (χ3n) is 4.99. The molecule has 1 aromatic heterocycles. The summed E-state index contributed by atoms with van der Waals surface area (Å²) in [4.78, 5) is 15.1. The summed E-state index contributed by atoms with van der Waals surface area (Å²) in [5.41, 5.74) is 1.03. The van der Waals surface area contributed by atoms with E-state index >= 15 is 0 Å². The van der Waals surface area contributed by atoms with Crippen molar-refractivity contribution in [2.75, 3.05) is 18.0 Å². The van der Waals surface area contributed by atoms with Crippen LogP contribution in [-0.4, -0.2) is 31.7 Å². The number of rotatable bonds is 6. The number of amides is 1. The van der Waals surface area contributed by atoms with Gasteiger partial charge in [0.25, 0.3) is 5.91 Å². The highest BCUT2D eigenvalue weighted by Crippen LogP contribution is 2.24. The van der Waals surface area contributed by atoms with Crippen molar-refractivity contribution in [1.82, 2.24) is 4.31 Å². The largest absolute Gasteiger partial charge is 0.467 e. The van der Waals surface area contributed by atoms with Gasteiger partial charge in [-0.1, -0.05) is 24.3 Å². The van der Waals surface area contributed by atoms with Crippen molar-refractivity contribution in [3.63, 3.8) is 0 Å². The van der Waals surface area contributed by atoms with Crippen LogP contribution in [0.2, 0.25) is 0 Å². The Balaban J connectivity index is 1.67. The molecule has 0 unspecified atom stereocenters. The van der Waals surface area contributed by atoms with Crippen molar-refractivity contribution in [2.24, 2.45) is 0 Å². The van der Waals surface area contributed by atoms with Crippen LogP contribution in [0.4, 0.5) is 5.69 Å². The molecule has 1 aliphatic heterocycles. The molecule has 0 spiro atoms. The van der Waals surface area contributed by atoms with Gasteiger partial charge in [-0.3, -0.25) is 4.79 Å². The number of hydrogen-bond donors (Lipinski definition) is 0. The summed E-state index contributed by atoms with van der Waals surface area (Å²) in [6.07, 6.45) is 3.29. The van der Waals surface area contributed by atoms with Crippen molar-refractivity contribution in [3.8, 4) is 0 Å². The average Bonchev–Trinajstić information content (AvgIpc) is 3.47. The Morgan fingerprint density at radius 1 is 0.966 bits per heavy atom. The van der Waals surface area contributed by atoms with Crippen LogP contribution in [-0.2, 0) is 16.6 Å². The maximum absolute atomic E-state index is 13.3. The van der Waals surface area contributed by atoms with Gasteiger partial charge in [-0.05, 0) is 55.3 Å². The fourth-order valence-corrected chi connectivity index (χ4v) is 5.03.